The Morgan fingerprint density at radius 1 is 0.912 bits per heavy atom. The first-order chi connectivity index (χ1) is 32.3. The van der Waals surface area contributed by atoms with E-state index in [1.165, 1.54) is 6.33 Å². The van der Waals surface area contributed by atoms with E-state index in [4.69, 9.17) is 37.4 Å². The molecule has 1 fully saturated rings. The SMILES string of the molecule is COc1ccc(C(OC[C@@H]2O[C@H](n3cnc4c(=O)[nH]c(NC(=O)C(C)C)nc43)[C@@H](O[Si](C)(C)C(C)(C)C)[C@H]2OP(OCCC#N)N(C(C)C)C(C)C)(c2ccccc2)c2ccc(OC)cc2)cc1. The Kier molecular flexibility index (Phi) is 17.1. The third-order valence-electron chi connectivity index (χ3n) is 12.5. The van der Waals surface area contributed by atoms with Crippen molar-refractivity contribution in [2.75, 3.05) is 32.8 Å². The van der Waals surface area contributed by atoms with Gasteiger partial charge in [0.1, 0.15) is 35.4 Å². The fourth-order valence-electron chi connectivity index (χ4n) is 7.95. The normalized spacial score (nSPS) is 18.4. The van der Waals surface area contributed by atoms with Gasteiger partial charge in [-0.1, -0.05) is 89.2 Å². The average Bonchev–Trinajstić information content (AvgIpc) is 3.87. The van der Waals surface area contributed by atoms with E-state index in [2.05, 4.69) is 87.6 Å². The molecule has 16 nitrogen and oxygen atoms in total. The molecule has 2 aromatic heterocycles. The summed E-state index contributed by atoms with van der Waals surface area (Å²) in [5, 5.41) is 12.1. The smallest absolute Gasteiger partial charge is 0.280 e. The van der Waals surface area contributed by atoms with Crippen molar-refractivity contribution >= 4 is 39.9 Å². The molecule has 5 aromatic rings. The number of aromatic amines is 1. The number of ether oxygens (including phenoxy) is 4. The zero-order chi connectivity index (χ0) is 49.6. The summed E-state index contributed by atoms with van der Waals surface area (Å²) in [5.41, 5.74) is 0.963. The van der Waals surface area contributed by atoms with Crippen molar-refractivity contribution in [2.24, 2.45) is 5.92 Å². The van der Waals surface area contributed by atoms with Crippen LogP contribution in [-0.4, -0.2) is 96.2 Å². The minimum Gasteiger partial charge on any atom is -0.497 e. The highest BCUT2D eigenvalue weighted by molar-refractivity contribution is 7.44. The summed E-state index contributed by atoms with van der Waals surface area (Å²) in [7, 11) is -1.30. The molecule has 366 valence electrons. The summed E-state index contributed by atoms with van der Waals surface area (Å²) < 4.78 is 51.3. The first-order valence-electron chi connectivity index (χ1n) is 23.1. The first-order valence-corrected chi connectivity index (χ1v) is 27.1. The van der Waals surface area contributed by atoms with Gasteiger partial charge in [-0.3, -0.25) is 24.5 Å². The van der Waals surface area contributed by atoms with E-state index in [1.807, 2.05) is 78.9 Å². The Hall–Kier alpha value is -5.02. The van der Waals surface area contributed by atoms with Crippen LogP contribution in [-0.2, 0) is 33.3 Å². The molecule has 5 atom stereocenters. The van der Waals surface area contributed by atoms with Crippen LogP contribution in [0.3, 0.4) is 0 Å². The maximum Gasteiger partial charge on any atom is 0.280 e. The van der Waals surface area contributed by atoms with Gasteiger partial charge in [0.25, 0.3) is 14.1 Å². The largest absolute Gasteiger partial charge is 0.497 e. The topological polar surface area (TPSA) is 184 Å². The lowest BCUT2D eigenvalue weighted by molar-refractivity contribution is -0.118. The van der Waals surface area contributed by atoms with Crippen molar-refractivity contribution in [1.82, 2.24) is 24.2 Å². The highest BCUT2D eigenvalue weighted by Gasteiger charge is 2.54. The van der Waals surface area contributed by atoms with E-state index in [-0.39, 0.29) is 65.7 Å². The van der Waals surface area contributed by atoms with Gasteiger partial charge in [-0.25, -0.2) is 9.65 Å². The molecule has 1 aliphatic rings. The van der Waals surface area contributed by atoms with Gasteiger partial charge < -0.3 is 32.4 Å². The number of nitrogens with one attached hydrogen (secondary N) is 2. The van der Waals surface area contributed by atoms with Crippen LogP contribution in [0.4, 0.5) is 5.95 Å². The zero-order valence-electron chi connectivity index (χ0n) is 41.6. The number of methoxy groups -OCH3 is 2. The van der Waals surface area contributed by atoms with E-state index in [0.29, 0.717) is 11.5 Å². The van der Waals surface area contributed by atoms with Gasteiger partial charge in [0.15, 0.2) is 25.7 Å². The molecule has 0 spiro atoms. The molecule has 1 saturated heterocycles. The van der Waals surface area contributed by atoms with Crippen molar-refractivity contribution in [1.29, 1.82) is 5.26 Å². The maximum atomic E-state index is 13.6. The Morgan fingerprint density at radius 3 is 2.00 bits per heavy atom. The predicted molar refractivity (Wildman–Crippen MR) is 266 cm³/mol. The molecule has 1 aliphatic heterocycles. The number of nitriles is 1. The molecular formula is C50H68N7O9PSi. The third-order valence-corrected chi connectivity index (χ3v) is 19.1. The second kappa shape index (κ2) is 22.2. The summed E-state index contributed by atoms with van der Waals surface area (Å²) in [6, 6.07) is 27.8. The summed E-state index contributed by atoms with van der Waals surface area (Å²) in [6.07, 6.45) is -1.90. The minimum absolute atomic E-state index is 0.0142. The van der Waals surface area contributed by atoms with Crippen LogP contribution >= 0.6 is 8.53 Å². The van der Waals surface area contributed by atoms with Crippen LogP contribution in [0.1, 0.15) is 91.7 Å². The van der Waals surface area contributed by atoms with Crippen LogP contribution in [0, 0.1) is 17.2 Å². The van der Waals surface area contributed by atoms with Gasteiger partial charge in [-0.05, 0) is 86.8 Å². The van der Waals surface area contributed by atoms with E-state index in [1.54, 1.807) is 32.6 Å². The summed E-state index contributed by atoms with van der Waals surface area (Å²) in [4.78, 5) is 38.5. The molecule has 2 N–H and O–H groups in total. The van der Waals surface area contributed by atoms with Crippen LogP contribution in [0.2, 0.25) is 18.1 Å². The lowest BCUT2D eigenvalue weighted by atomic mass is 9.80. The molecule has 6 rings (SSSR count). The standard InChI is InChI=1S/C50H68N7O9PSi/c1-32(2)45(58)54-48-53-44-41(46(59)55-48)52-31-56(44)47-43(66-68(12,13)49(7,8)9)42(65-67(63-29-17-28-51)57(33(3)4)34(5)6)40(64-47)30-62-50(35-18-15-14-16-19-35,36-20-24-38(60-10)25-21-36)37-22-26-39(61-11)27-23-37/h14-16,18-27,31-34,40,42-43,47H,17,29-30H2,1-13H3,(H2,53,54,55,58,59)/t40-,42-,43-,47-,67?/m0/s1. The lowest BCUT2D eigenvalue weighted by Crippen LogP contribution is -2.50. The lowest BCUT2D eigenvalue weighted by Gasteiger charge is -2.42. The predicted octanol–water partition coefficient (Wildman–Crippen LogP) is 9.69. The highest BCUT2D eigenvalue weighted by atomic mass is 31.2. The van der Waals surface area contributed by atoms with Crippen molar-refractivity contribution < 1.29 is 37.2 Å². The number of amides is 1. The minimum atomic E-state index is -2.70. The van der Waals surface area contributed by atoms with Gasteiger partial charge in [-0.2, -0.15) is 10.2 Å². The van der Waals surface area contributed by atoms with Gasteiger partial charge in [-0.15, -0.1) is 0 Å². The Labute approximate surface area is 402 Å². The molecule has 3 heterocycles. The number of rotatable bonds is 21. The quantitative estimate of drug-likeness (QED) is 0.0307. The van der Waals surface area contributed by atoms with E-state index >= 15 is 0 Å². The van der Waals surface area contributed by atoms with E-state index in [0.717, 1.165) is 16.7 Å². The zero-order valence-corrected chi connectivity index (χ0v) is 43.5. The second-order valence-electron chi connectivity index (χ2n) is 19.2. The Morgan fingerprint density at radius 2 is 1.49 bits per heavy atom. The fourth-order valence-corrected chi connectivity index (χ4v) is 11.0. The van der Waals surface area contributed by atoms with Gasteiger partial charge in [0.2, 0.25) is 11.9 Å². The van der Waals surface area contributed by atoms with Crippen molar-refractivity contribution in [2.45, 2.75) is 129 Å². The number of fused-ring (bicyclic) bond motifs is 1. The molecular weight excluding hydrogens is 902 g/mol. The summed E-state index contributed by atoms with van der Waals surface area (Å²) >= 11 is 0. The second-order valence-corrected chi connectivity index (χ2v) is 25.4. The summed E-state index contributed by atoms with van der Waals surface area (Å²) in [5.74, 6) is 0.647. The van der Waals surface area contributed by atoms with Crippen molar-refractivity contribution in [3.05, 3.63) is 112 Å². The molecule has 0 saturated carbocycles. The number of hydrogen-bond acceptors (Lipinski definition) is 13. The number of benzene rings is 3. The highest BCUT2D eigenvalue weighted by Crippen LogP contribution is 2.53. The molecule has 18 heteroatoms. The number of nitrogens with zero attached hydrogens (tertiary/aromatic N) is 5. The van der Waals surface area contributed by atoms with Crippen LogP contribution in [0.5, 0.6) is 11.5 Å². The number of imidazole rings is 1. The van der Waals surface area contributed by atoms with Gasteiger partial charge >= 0.3 is 0 Å². The number of hydrogen-bond donors (Lipinski definition) is 2. The number of aromatic nitrogens is 4. The molecule has 68 heavy (non-hydrogen) atoms. The Bertz CT molecular complexity index is 2490. The first kappa shape index (κ1) is 52.4. The molecule has 0 bridgehead atoms. The van der Waals surface area contributed by atoms with E-state index in [9.17, 15) is 14.9 Å². The number of H-pyrrole nitrogens is 1. The Balaban J connectivity index is 1.59. The van der Waals surface area contributed by atoms with Crippen molar-refractivity contribution in [3.8, 4) is 17.6 Å². The van der Waals surface area contributed by atoms with E-state index < -0.39 is 52.5 Å². The van der Waals surface area contributed by atoms with Crippen LogP contribution < -0.4 is 20.3 Å². The number of carbonyl (C=O) groups excluding carboxylic acids is 1. The third kappa shape index (κ3) is 11.4. The fraction of sp³-hybridized carbons (Fsp3) is 0.500. The van der Waals surface area contributed by atoms with Crippen LogP contribution in [0.15, 0.2) is 90.0 Å². The summed E-state index contributed by atoms with van der Waals surface area (Å²) in [6.45, 7) is 22.7. The maximum absolute atomic E-state index is 13.6. The molecule has 1 unspecified atom stereocenters. The number of carbonyl (C=O) groups is 1. The molecule has 1 amide bonds. The van der Waals surface area contributed by atoms with Gasteiger partial charge in [0, 0.05) is 18.0 Å². The average molecular weight is 970 g/mol. The molecule has 0 radical (unpaired) electrons. The molecule has 0 aliphatic carbocycles. The number of anilines is 1. The monoisotopic (exact) mass is 969 g/mol. The molecule has 3 aromatic carbocycles. The van der Waals surface area contributed by atoms with Gasteiger partial charge in [0.05, 0.1) is 46.3 Å². The van der Waals surface area contributed by atoms with Crippen molar-refractivity contribution in [3.63, 3.8) is 0 Å². The van der Waals surface area contributed by atoms with Crippen LogP contribution in [0.25, 0.3) is 11.2 Å².